The largest absolute Gasteiger partial charge is 0.335 e. The average molecular weight is 314 g/mol. The number of hydrogen-bond acceptors (Lipinski definition) is 1. The van der Waals surface area contributed by atoms with Gasteiger partial charge in [0.15, 0.2) is 0 Å². The zero-order valence-corrected chi connectivity index (χ0v) is 11.8. The fourth-order valence-corrected chi connectivity index (χ4v) is 3.04. The second kappa shape index (κ2) is 6.32. The van der Waals surface area contributed by atoms with E-state index in [0.717, 1.165) is 24.7 Å². The van der Waals surface area contributed by atoms with E-state index in [9.17, 15) is 9.18 Å². The minimum absolute atomic E-state index is 0.0151. The lowest BCUT2D eigenvalue weighted by Gasteiger charge is -2.28. The molecule has 1 aliphatic heterocycles. The van der Waals surface area contributed by atoms with Gasteiger partial charge in [-0.05, 0) is 37.1 Å². The van der Waals surface area contributed by atoms with Crippen molar-refractivity contribution >= 4 is 21.8 Å². The summed E-state index contributed by atoms with van der Waals surface area (Å²) in [5, 5.41) is 0.805. The molecule has 4 heteroatoms. The summed E-state index contributed by atoms with van der Waals surface area (Å²) in [6.45, 7) is 0.798. The van der Waals surface area contributed by atoms with Gasteiger partial charge < -0.3 is 4.90 Å². The van der Waals surface area contributed by atoms with Crippen LogP contribution in [0.1, 0.15) is 36.0 Å². The van der Waals surface area contributed by atoms with E-state index < -0.39 is 0 Å². The van der Waals surface area contributed by atoms with Crippen LogP contribution in [0.25, 0.3) is 0 Å². The quantitative estimate of drug-likeness (QED) is 0.764. The lowest BCUT2D eigenvalue weighted by Crippen LogP contribution is -2.41. The molecule has 1 aromatic carbocycles. The Kier molecular flexibility index (Phi) is 4.75. The number of carbonyl (C=O) groups excluding carboxylic acids is 1. The molecule has 0 N–H and O–H groups in total. The highest BCUT2D eigenvalue weighted by Gasteiger charge is 2.25. The van der Waals surface area contributed by atoms with Crippen molar-refractivity contribution in [3.05, 3.63) is 35.6 Å². The predicted octanol–water partition coefficient (Wildman–Crippen LogP) is 3.61. The van der Waals surface area contributed by atoms with Crippen LogP contribution in [-0.2, 0) is 0 Å². The van der Waals surface area contributed by atoms with Crippen molar-refractivity contribution in [2.45, 2.75) is 31.7 Å². The van der Waals surface area contributed by atoms with Gasteiger partial charge in [0.05, 0.1) is 0 Å². The molecule has 1 fully saturated rings. The molecule has 1 saturated heterocycles. The number of rotatable bonds is 2. The second-order valence-electron chi connectivity index (χ2n) is 4.66. The Balaban J connectivity index is 2.17. The van der Waals surface area contributed by atoms with Gasteiger partial charge in [-0.2, -0.15) is 0 Å². The van der Waals surface area contributed by atoms with Gasteiger partial charge in [-0.25, -0.2) is 4.39 Å². The van der Waals surface area contributed by atoms with Crippen LogP contribution in [0.15, 0.2) is 24.3 Å². The number of likely N-dealkylation sites (tertiary alicyclic amines) is 1. The SMILES string of the molecule is O=C(c1ccc(F)cc1)N1CCCCCC1CBr. The summed E-state index contributed by atoms with van der Waals surface area (Å²) < 4.78 is 12.9. The molecule has 0 saturated carbocycles. The molecule has 0 bridgehead atoms. The maximum Gasteiger partial charge on any atom is 0.254 e. The van der Waals surface area contributed by atoms with E-state index >= 15 is 0 Å². The molecular weight excluding hydrogens is 297 g/mol. The molecule has 1 aliphatic rings. The lowest BCUT2D eigenvalue weighted by molar-refractivity contribution is 0.0702. The maximum atomic E-state index is 12.9. The third-order valence-electron chi connectivity index (χ3n) is 3.41. The lowest BCUT2D eigenvalue weighted by atomic mass is 10.1. The molecule has 0 radical (unpaired) electrons. The van der Waals surface area contributed by atoms with Crippen LogP contribution in [0.2, 0.25) is 0 Å². The molecule has 1 amide bonds. The van der Waals surface area contributed by atoms with Crippen molar-refractivity contribution in [1.29, 1.82) is 0 Å². The van der Waals surface area contributed by atoms with Crippen LogP contribution >= 0.6 is 15.9 Å². The monoisotopic (exact) mass is 313 g/mol. The summed E-state index contributed by atoms with van der Waals surface area (Å²) in [5.74, 6) is -0.291. The van der Waals surface area contributed by atoms with Crippen molar-refractivity contribution < 1.29 is 9.18 Å². The van der Waals surface area contributed by atoms with Gasteiger partial charge in [0, 0.05) is 23.5 Å². The topological polar surface area (TPSA) is 20.3 Å². The third-order valence-corrected chi connectivity index (χ3v) is 4.15. The Bertz CT molecular complexity index is 407. The highest BCUT2D eigenvalue weighted by atomic mass is 79.9. The molecule has 0 aliphatic carbocycles. The molecular formula is C14H17BrFNO. The maximum absolute atomic E-state index is 12.9. The Morgan fingerprint density at radius 1 is 1.28 bits per heavy atom. The fraction of sp³-hybridized carbons (Fsp3) is 0.500. The first kappa shape index (κ1) is 13.5. The summed E-state index contributed by atoms with van der Waals surface area (Å²) >= 11 is 3.48. The summed E-state index contributed by atoms with van der Waals surface area (Å²) in [4.78, 5) is 14.3. The Morgan fingerprint density at radius 2 is 2.00 bits per heavy atom. The van der Waals surface area contributed by atoms with Crippen molar-refractivity contribution in [3.63, 3.8) is 0 Å². The number of benzene rings is 1. The first-order valence-corrected chi connectivity index (χ1v) is 7.47. The van der Waals surface area contributed by atoms with Gasteiger partial charge in [-0.1, -0.05) is 28.8 Å². The van der Waals surface area contributed by atoms with E-state index in [0.29, 0.717) is 5.56 Å². The smallest absolute Gasteiger partial charge is 0.254 e. The molecule has 98 valence electrons. The van der Waals surface area contributed by atoms with Crippen LogP contribution in [0.5, 0.6) is 0 Å². The Hall–Kier alpha value is -0.900. The number of alkyl halides is 1. The number of amides is 1. The van der Waals surface area contributed by atoms with Crippen LogP contribution in [0.4, 0.5) is 4.39 Å². The number of halogens is 2. The van der Waals surface area contributed by atoms with Gasteiger partial charge in [0.2, 0.25) is 0 Å². The average Bonchev–Trinajstić information content (AvgIpc) is 2.63. The highest BCUT2D eigenvalue weighted by molar-refractivity contribution is 9.09. The zero-order valence-electron chi connectivity index (χ0n) is 10.2. The summed E-state index contributed by atoms with van der Waals surface area (Å²) in [5.41, 5.74) is 0.573. The molecule has 1 unspecified atom stereocenters. The van der Waals surface area contributed by atoms with Crippen LogP contribution in [-0.4, -0.2) is 28.7 Å². The number of carbonyl (C=O) groups is 1. The van der Waals surface area contributed by atoms with Crippen molar-refractivity contribution in [1.82, 2.24) is 4.90 Å². The van der Waals surface area contributed by atoms with Gasteiger partial charge in [-0.3, -0.25) is 4.79 Å². The van der Waals surface area contributed by atoms with Crippen LogP contribution in [0, 0.1) is 5.82 Å². The van der Waals surface area contributed by atoms with Crippen molar-refractivity contribution in [3.8, 4) is 0 Å². The molecule has 2 rings (SSSR count). The molecule has 0 aromatic heterocycles. The zero-order chi connectivity index (χ0) is 13.0. The Labute approximate surface area is 115 Å². The van der Waals surface area contributed by atoms with E-state index in [1.807, 2.05) is 4.90 Å². The normalized spacial score (nSPS) is 20.6. The molecule has 1 aromatic rings. The standard InChI is InChI=1S/C14H17BrFNO/c15-10-13-4-2-1-3-9-17(13)14(18)11-5-7-12(16)8-6-11/h5-8,13H,1-4,9-10H2. The van der Waals surface area contributed by atoms with E-state index in [2.05, 4.69) is 15.9 Å². The molecule has 18 heavy (non-hydrogen) atoms. The number of hydrogen-bond donors (Lipinski definition) is 0. The van der Waals surface area contributed by atoms with Gasteiger partial charge in [0.1, 0.15) is 5.82 Å². The van der Waals surface area contributed by atoms with Crippen LogP contribution < -0.4 is 0 Å². The van der Waals surface area contributed by atoms with Crippen LogP contribution in [0.3, 0.4) is 0 Å². The molecule has 1 atom stereocenters. The first-order valence-electron chi connectivity index (χ1n) is 6.35. The third kappa shape index (κ3) is 3.10. The van der Waals surface area contributed by atoms with E-state index in [1.165, 1.54) is 25.0 Å². The van der Waals surface area contributed by atoms with Crippen molar-refractivity contribution in [2.24, 2.45) is 0 Å². The van der Waals surface area contributed by atoms with Crippen molar-refractivity contribution in [2.75, 3.05) is 11.9 Å². The van der Waals surface area contributed by atoms with Gasteiger partial charge in [0.25, 0.3) is 5.91 Å². The van der Waals surface area contributed by atoms with E-state index in [1.54, 1.807) is 12.1 Å². The number of nitrogens with zero attached hydrogens (tertiary/aromatic N) is 1. The predicted molar refractivity (Wildman–Crippen MR) is 73.5 cm³/mol. The minimum atomic E-state index is -0.306. The second-order valence-corrected chi connectivity index (χ2v) is 5.31. The summed E-state index contributed by atoms with van der Waals surface area (Å²) in [6.07, 6.45) is 4.44. The summed E-state index contributed by atoms with van der Waals surface area (Å²) in [7, 11) is 0. The van der Waals surface area contributed by atoms with E-state index in [-0.39, 0.29) is 17.8 Å². The summed E-state index contributed by atoms with van der Waals surface area (Å²) in [6, 6.07) is 6.06. The molecule has 1 heterocycles. The Morgan fingerprint density at radius 3 is 2.67 bits per heavy atom. The fourth-order valence-electron chi connectivity index (χ4n) is 2.36. The van der Waals surface area contributed by atoms with Gasteiger partial charge >= 0.3 is 0 Å². The molecule has 0 spiro atoms. The highest BCUT2D eigenvalue weighted by Crippen LogP contribution is 2.20. The minimum Gasteiger partial charge on any atom is -0.335 e. The first-order chi connectivity index (χ1) is 8.72. The van der Waals surface area contributed by atoms with Gasteiger partial charge in [-0.15, -0.1) is 0 Å². The molecule has 2 nitrogen and oxygen atoms in total. The van der Waals surface area contributed by atoms with E-state index in [4.69, 9.17) is 0 Å².